The molecule has 0 saturated heterocycles. The van der Waals surface area contributed by atoms with Crippen LogP contribution in [-0.4, -0.2) is 20.1 Å². The molecule has 1 heterocycles. The van der Waals surface area contributed by atoms with Crippen LogP contribution in [0.2, 0.25) is 0 Å². The molecule has 0 bridgehead atoms. The molecule has 1 aliphatic carbocycles. The Kier molecular flexibility index (Phi) is 2.97. The summed E-state index contributed by atoms with van der Waals surface area (Å²) >= 11 is 0. The van der Waals surface area contributed by atoms with Crippen molar-refractivity contribution in [2.24, 2.45) is 0 Å². The molecule has 0 aliphatic heterocycles. The van der Waals surface area contributed by atoms with Crippen LogP contribution in [0.1, 0.15) is 36.6 Å². The van der Waals surface area contributed by atoms with E-state index in [0.717, 1.165) is 29.6 Å². The Hall–Kier alpha value is -2.20. The largest absolute Gasteiger partial charge is 0.390 e. The first-order valence-electron chi connectivity index (χ1n) is 7.42. The minimum atomic E-state index is -0.0450. The van der Waals surface area contributed by atoms with Crippen LogP contribution >= 0.6 is 0 Å². The summed E-state index contributed by atoms with van der Waals surface area (Å²) in [6.07, 6.45) is 3.56. The zero-order chi connectivity index (χ0) is 14.2. The molecular formula is C17H17N3O. The summed E-state index contributed by atoms with van der Waals surface area (Å²) in [5.74, 6) is 0.473. The molecule has 2 aromatic carbocycles. The summed E-state index contributed by atoms with van der Waals surface area (Å²) in [5.41, 5.74) is 2.84. The number of nitrogens with zero attached hydrogens (tertiary/aromatic N) is 3. The van der Waals surface area contributed by atoms with Gasteiger partial charge in [0.2, 0.25) is 0 Å². The van der Waals surface area contributed by atoms with Gasteiger partial charge in [0.05, 0.1) is 18.0 Å². The highest BCUT2D eigenvalue weighted by Gasteiger charge is 2.28. The third-order valence-corrected chi connectivity index (χ3v) is 4.42. The van der Waals surface area contributed by atoms with Crippen LogP contribution in [0.4, 0.5) is 0 Å². The number of aliphatic hydroxyl groups excluding tert-OH is 1. The Labute approximate surface area is 123 Å². The molecule has 106 valence electrons. The highest BCUT2D eigenvalue weighted by atomic mass is 16.3. The fourth-order valence-corrected chi connectivity index (χ4v) is 3.09. The van der Waals surface area contributed by atoms with E-state index in [1.54, 1.807) is 0 Å². The van der Waals surface area contributed by atoms with Gasteiger partial charge in [0.15, 0.2) is 0 Å². The zero-order valence-corrected chi connectivity index (χ0v) is 11.7. The lowest BCUT2D eigenvalue weighted by atomic mass is 9.82. The lowest BCUT2D eigenvalue weighted by molar-refractivity contribution is 0.272. The van der Waals surface area contributed by atoms with Crippen molar-refractivity contribution in [1.82, 2.24) is 15.0 Å². The minimum absolute atomic E-state index is 0.0450. The predicted molar refractivity (Wildman–Crippen MR) is 81.4 cm³/mol. The van der Waals surface area contributed by atoms with E-state index >= 15 is 0 Å². The van der Waals surface area contributed by atoms with E-state index in [-0.39, 0.29) is 6.61 Å². The van der Waals surface area contributed by atoms with Crippen LogP contribution in [0, 0.1) is 0 Å². The summed E-state index contributed by atoms with van der Waals surface area (Å²) in [4.78, 5) is 0. The van der Waals surface area contributed by atoms with E-state index in [1.807, 2.05) is 22.9 Å². The van der Waals surface area contributed by atoms with Crippen molar-refractivity contribution < 1.29 is 5.11 Å². The Balaban J connectivity index is 1.94. The maximum Gasteiger partial charge on any atom is 0.112 e. The molecule has 0 amide bonds. The fourth-order valence-electron chi connectivity index (χ4n) is 3.09. The number of hydrogen-bond donors (Lipinski definition) is 1. The maximum atomic E-state index is 9.54. The molecule has 4 nitrogen and oxygen atoms in total. The van der Waals surface area contributed by atoms with Gasteiger partial charge in [-0.2, -0.15) is 0 Å². The topological polar surface area (TPSA) is 50.9 Å². The quantitative estimate of drug-likeness (QED) is 0.801. The Morgan fingerprint density at radius 1 is 1.10 bits per heavy atom. The van der Waals surface area contributed by atoms with Crippen molar-refractivity contribution in [3.05, 3.63) is 53.9 Å². The lowest BCUT2D eigenvalue weighted by Crippen LogP contribution is -2.16. The van der Waals surface area contributed by atoms with E-state index < -0.39 is 0 Å². The maximum absolute atomic E-state index is 9.54. The molecule has 0 radical (unpaired) electrons. The molecule has 0 atom stereocenters. The van der Waals surface area contributed by atoms with Crippen molar-refractivity contribution in [1.29, 1.82) is 0 Å². The first kappa shape index (κ1) is 12.5. The number of fused-ring (bicyclic) bond motifs is 1. The molecule has 0 spiro atoms. The highest BCUT2D eigenvalue weighted by Crippen LogP contribution is 2.39. The van der Waals surface area contributed by atoms with E-state index in [0.29, 0.717) is 11.6 Å². The van der Waals surface area contributed by atoms with Gasteiger partial charge in [-0.1, -0.05) is 48.0 Å². The molecule has 4 rings (SSSR count). The van der Waals surface area contributed by atoms with Crippen molar-refractivity contribution in [2.75, 3.05) is 0 Å². The first-order valence-corrected chi connectivity index (χ1v) is 7.42. The highest BCUT2D eigenvalue weighted by molar-refractivity contribution is 5.90. The molecule has 1 saturated carbocycles. The molecule has 21 heavy (non-hydrogen) atoms. The van der Waals surface area contributed by atoms with Gasteiger partial charge in [0.25, 0.3) is 0 Å². The molecule has 1 aliphatic rings. The van der Waals surface area contributed by atoms with Gasteiger partial charge in [0, 0.05) is 11.3 Å². The van der Waals surface area contributed by atoms with Crippen LogP contribution in [0.15, 0.2) is 42.5 Å². The number of hydrogen-bond acceptors (Lipinski definition) is 3. The number of aliphatic hydroxyl groups is 1. The molecule has 1 aromatic heterocycles. The summed E-state index contributed by atoms with van der Waals surface area (Å²) in [6.45, 7) is -0.0450. The number of aromatic nitrogens is 3. The van der Waals surface area contributed by atoms with E-state index in [9.17, 15) is 5.11 Å². The van der Waals surface area contributed by atoms with Gasteiger partial charge in [-0.15, -0.1) is 5.10 Å². The summed E-state index contributed by atoms with van der Waals surface area (Å²) in [6, 6.07) is 14.5. The van der Waals surface area contributed by atoms with Crippen LogP contribution in [0.3, 0.4) is 0 Å². The Morgan fingerprint density at radius 3 is 2.67 bits per heavy atom. The van der Waals surface area contributed by atoms with Gasteiger partial charge in [-0.3, -0.25) is 0 Å². The second-order valence-electron chi connectivity index (χ2n) is 5.62. The van der Waals surface area contributed by atoms with E-state index in [1.165, 1.54) is 11.8 Å². The van der Waals surface area contributed by atoms with Gasteiger partial charge < -0.3 is 5.11 Å². The third kappa shape index (κ3) is 1.94. The van der Waals surface area contributed by atoms with Crippen molar-refractivity contribution in [2.45, 2.75) is 31.8 Å². The first-order chi connectivity index (χ1) is 10.4. The Morgan fingerprint density at radius 2 is 1.90 bits per heavy atom. The van der Waals surface area contributed by atoms with Crippen molar-refractivity contribution in [3.8, 4) is 5.69 Å². The van der Waals surface area contributed by atoms with Gasteiger partial charge in [-0.25, -0.2) is 4.68 Å². The molecule has 1 fully saturated rings. The lowest BCUT2D eigenvalue weighted by Gasteiger charge is -2.26. The third-order valence-electron chi connectivity index (χ3n) is 4.42. The average molecular weight is 279 g/mol. The molecular weight excluding hydrogens is 262 g/mol. The predicted octanol–water partition coefficient (Wildman–Crippen LogP) is 3.18. The minimum Gasteiger partial charge on any atom is -0.390 e. The summed E-state index contributed by atoms with van der Waals surface area (Å²) in [7, 11) is 0. The SMILES string of the molecule is OCc1nnn(-c2cccc3ccccc23)c1C1CCC1. The van der Waals surface area contributed by atoms with E-state index in [2.05, 4.69) is 34.6 Å². The second-order valence-corrected chi connectivity index (χ2v) is 5.62. The van der Waals surface area contributed by atoms with Gasteiger partial charge in [0.1, 0.15) is 5.69 Å². The van der Waals surface area contributed by atoms with Crippen LogP contribution in [0.25, 0.3) is 16.5 Å². The summed E-state index contributed by atoms with van der Waals surface area (Å²) < 4.78 is 1.93. The van der Waals surface area contributed by atoms with Crippen LogP contribution in [-0.2, 0) is 6.61 Å². The standard InChI is InChI=1S/C17H17N3O/c21-11-15-17(13-7-3-8-13)20(19-18-15)16-10-4-6-12-5-1-2-9-14(12)16/h1-2,4-6,9-10,13,21H,3,7-8,11H2. The molecule has 3 aromatic rings. The molecule has 1 N–H and O–H groups in total. The van der Waals surface area contributed by atoms with Crippen LogP contribution < -0.4 is 0 Å². The van der Waals surface area contributed by atoms with Crippen molar-refractivity contribution >= 4 is 10.8 Å². The smallest absolute Gasteiger partial charge is 0.112 e. The van der Waals surface area contributed by atoms with Gasteiger partial charge >= 0.3 is 0 Å². The monoisotopic (exact) mass is 279 g/mol. The van der Waals surface area contributed by atoms with Crippen LogP contribution in [0.5, 0.6) is 0 Å². The molecule has 4 heteroatoms. The van der Waals surface area contributed by atoms with Crippen molar-refractivity contribution in [3.63, 3.8) is 0 Å². The molecule has 0 unspecified atom stereocenters. The van der Waals surface area contributed by atoms with E-state index in [4.69, 9.17) is 0 Å². The zero-order valence-electron chi connectivity index (χ0n) is 11.7. The average Bonchev–Trinajstić information content (AvgIpc) is 2.88. The van der Waals surface area contributed by atoms with Gasteiger partial charge in [-0.05, 0) is 24.3 Å². The fraction of sp³-hybridized carbons (Fsp3) is 0.294. The summed E-state index contributed by atoms with van der Waals surface area (Å²) in [5, 5.41) is 20.4. The number of rotatable bonds is 3. The number of benzene rings is 2. The second kappa shape index (κ2) is 4.97. The Bertz CT molecular complexity index is 784. The normalized spacial score (nSPS) is 15.3.